The maximum absolute atomic E-state index is 12.2. The minimum absolute atomic E-state index is 0.209. The van der Waals surface area contributed by atoms with E-state index in [1.165, 1.54) is 0 Å². The summed E-state index contributed by atoms with van der Waals surface area (Å²) in [4.78, 5) is 14.2. The van der Waals surface area contributed by atoms with Crippen molar-refractivity contribution in [2.24, 2.45) is 5.92 Å². The first-order valence-electron chi connectivity index (χ1n) is 6.42. The van der Waals surface area contributed by atoms with Gasteiger partial charge in [-0.05, 0) is 32.7 Å². The number of hydrogen-bond donors (Lipinski definition) is 1. The first kappa shape index (κ1) is 11.9. The number of rotatable bonds is 3. The van der Waals surface area contributed by atoms with Crippen LogP contribution in [0.4, 0.5) is 0 Å². The highest BCUT2D eigenvalue weighted by molar-refractivity contribution is 5.79. The minimum atomic E-state index is 0.209. The fourth-order valence-corrected chi connectivity index (χ4v) is 2.63. The van der Waals surface area contributed by atoms with Gasteiger partial charge >= 0.3 is 0 Å². The van der Waals surface area contributed by atoms with Crippen molar-refractivity contribution in [2.45, 2.75) is 32.3 Å². The summed E-state index contributed by atoms with van der Waals surface area (Å²) in [5, 5.41) is 3.25. The molecule has 0 saturated carbocycles. The SMILES string of the molecule is CCOC1CCCN(C(=O)C2CCNC2)C1. The lowest BCUT2D eigenvalue weighted by atomic mass is 10.0. The Kier molecular flexibility index (Phi) is 4.18. The highest BCUT2D eigenvalue weighted by Gasteiger charge is 2.30. The summed E-state index contributed by atoms with van der Waals surface area (Å²) in [6.45, 7) is 6.31. The predicted molar refractivity (Wildman–Crippen MR) is 62.2 cm³/mol. The third kappa shape index (κ3) is 2.74. The molecular weight excluding hydrogens is 204 g/mol. The summed E-state index contributed by atoms with van der Waals surface area (Å²) in [6.07, 6.45) is 3.43. The van der Waals surface area contributed by atoms with E-state index < -0.39 is 0 Å². The van der Waals surface area contributed by atoms with E-state index >= 15 is 0 Å². The average molecular weight is 226 g/mol. The van der Waals surface area contributed by atoms with Gasteiger partial charge in [0.2, 0.25) is 5.91 Å². The van der Waals surface area contributed by atoms with E-state index in [4.69, 9.17) is 4.74 Å². The number of likely N-dealkylation sites (tertiary alicyclic amines) is 1. The zero-order valence-electron chi connectivity index (χ0n) is 10.1. The number of piperidine rings is 1. The van der Waals surface area contributed by atoms with Crippen LogP contribution in [0.1, 0.15) is 26.2 Å². The quantitative estimate of drug-likeness (QED) is 0.767. The maximum atomic E-state index is 12.2. The first-order valence-corrected chi connectivity index (χ1v) is 6.42. The molecule has 2 rings (SSSR count). The third-order valence-corrected chi connectivity index (χ3v) is 3.50. The Hall–Kier alpha value is -0.610. The third-order valence-electron chi connectivity index (χ3n) is 3.50. The minimum Gasteiger partial charge on any atom is -0.377 e. The van der Waals surface area contributed by atoms with Crippen molar-refractivity contribution in [3.05, 3.63) is 0 Å². The summed E-state index contributed by atoms with van der Waals surface area (Å²) in [5.74, 6) is 0.537. The van der Waals surface area contributed by atoms with Crippen molar-refractivity contribution < 1.29 is 9.53 Å². The van der Waals surface area contributed by atoms with E-state index in [1.54, 1.807) is 0 Å². The van der Waals surface area contributed by atoms with Crippen LogP contribution in [0, 0.1) is 5.92 Å². The van der Waals surface area contributed by atoms with Crippen molar-refractivity contribution >= 4 is 5.91 Å². The Labute approximate surface area is 97.3 Å². The van der Waals surface area contributed by atoms with Crippen LogP contribution in [0.3, 0.4) is 0 Å². The van der Waals surface area contributed by atoms with Crippen LogP contribution in [-0.4, -0.2) is 49.7 Å². The molecule has 1 amide bonds. The second-order valence-electron chi connectivity index (χ2n) is 4.69. The molecular formula is C12H22N2O2. The number of carbonyl (C=O) groups excluding carboxylic acids is 1. The molecule has 92 valence electrons. The number of hydrogen-bond acceptors (Lipinski definition) is 3. The van der Waals surface area contributed by atoms with Crippen LogP contribution >= 0.6 is 0 Å². The predicted octanol–water partition coefficient (Wildman–Crippen LogP) is 0.623. The van der Waals surface area contributed by atoms with Crippen LogP contribution in [0.25, 0.3) is 0 Å². The number of amides is 1. The molecule has 2 saturated heterocycles. The molecule has 0 aromatic heterocycles. The Morgan fingerprint density at radius 3 is 3.06 bits per heavy atom. The molecule has 2 unspecified atom stereocenters. The van der Waals surface area contributed by atoms with Gasteiger partial charge in [-0.25, -0.2) is 0 Å². The molecule has 16 heavy (non-hydrogen) atoms. The lowest BCUT2D eigenvalue weighted by molar-refractivity contribution is -0.139. The summed E-state index contributed by atoms with van der Waals surface area (Å²) in [5.41, 5.74) is 0. The van der Waals surface area contributed by atoms with Crippen LogP contribution in [-0.2, 0) is 9.53 Å². The second kappa shape index (κ2) is 5.64. The average Bonchev–Trinajstić information content (AvgIpc) is 2.82. The van der Waals surface area contributed by atoms with Gasteiger partial charge in [0.15, 0.2) is 0 Å². The van der Waals surface area contributed by atoms with Crippen molar-refractivity contribution in [2.75, 3.05) is 32.8 Å². The Balaban J connectivity index is 1.85. The van der Waals surface area contributed by atoms with Crippen LogP contribution in [0.15, 0.2) is 0 Å². The fourth-order valence-electron chi connectivity index (χ4n) is 2.63. The van der Waals surface area contributed by atoms with Gasteiger partial charge in [0.25, 0.3) is 0 Å². The molecule has 0 spiro atoms. The van der Waals surface area contributed by atoms with E-state index in [1.807, 2.05) is 11.8 Å². The van der Waals surface area contributed by atoms with E-state index in [0.717, 1.165) is 52.0 Å². The van der Waals surface area contributed by atoms with Gasteiger partial charge in [-0.3, -0.25) is 4.79 Å². The molecule has 2 atom stereocenters. The topological polar surface area (TPSA) is 41.6 Å². The molecule has 0 bridgehead atoms. The Morgan fingerprint density at radius 1 is 1.50 bits per heavy atom. The number of nitrogens with one attached hydrogen (secondary N) is 1. The van der Waals surface area contributed by atoms with Gasteiger partial charge in [-0.15, -0.1) is 0 Å². The summed E-state index contributed by atoms with van der Waals surface area (Å²) >= 11 is 0. The van der Waals surface area contributed by atoms with Gasteiger partial charge in [0.05, 0.1) is 12.0 Å². The van der Waals surface area contributed by atoms with Crippen LogP contribution in [0.5, 0.6) is 0 Å². The zero-order chi connectivity index (χ0) is 11.4. The Bertz CT molecular complexity index is 237. The highest BCUT2D eigenvalue weighted by Crippen LogP contribution is 2.18. The summed E-state index contributed by atoms with van der Waals surface area (Å²) in [6, 6.07) is 0. The van der Waals surface area contributed by atoms with Gasteiger partial charge in [-0.1, -0.05) is 0 Å². The number of nitrogens with zero attached hydrogens (tertiary/aromatic N) is 1. The van der Waals surface area contributed by atoms with Gasteiger partial charge in [0.1, 0.15) is 0 Å². The van der Waals surface area contributed by atoms with E-state index in [-0.39, 0.29) is 12.0 Å². The van der Waals surface area contributed by atoms with Crippen LogP contribution < -0.4 is 5.32 Å². The lowest BCUT2D eigenvalue weighted by Crippen LogP contribution is -2.46. The number of ether oxygens (including phenoxy) is 1. The number of carbonyl (C=O) groups is 1. The van der Waals surface area contributed by atoms with E-state index in [2.05, 4.69) is 5.32 Å². The summed E-state index contributed by atoms with van der Waals surface area (Å²) < 4.78 is 5.62. The molecule has 2 heterocycles. The van der Waals surface area contributed by atoms with Crippen molar-refractivity contribution in [1.29, 1.82) is 0 Å². The van der Waals surface area contributed by atoms with Crippen molar-refractivity contribution in [1.82, 2.24) is 10.2 Å². The van der Waals surface area contributed by atoms with Gasteiger partial charge in [0, 0.05) is 26.2 Å². The normalized spacial score (nSPS) is 30.7. The molecule has 2 fully saturated rings. The molecule has 4 heteroatoms. The van der Waals surface area contributed by atoms with Gasteiger partial charge in [-0.2, -0.15) is 0 Å². The molecule has 0 radical (unpaired) electrons. The maximum Gasteiger partial charge on any atom is 0.227 e. The molecule has 1 N–H and O–H groups in total. The highest BCUT2D eigenvalue weighted by atomic mass is 16.5. The molecule has 2 aliphatic rings. The largest absolute Gasteiger partial charge is 0.377 e. The zero-order valence-corrected chi connectivity index (χ0v) is 10.1. The molecule has 2 aliphatic heterocycles. The first-order chi connectivity index (χ1) is 7.81. The lowest BCUT2D eigenvalue weighted by Gasteiger charge is -2.34. The Morgan fingerprint density at radius 2 is 2.38 bits per heavy atom. The fraction of sp³-hybridized carbons (Fsp3) is 0.917. The van der Waals surface area contributed by atoms with Crippen molar-refractivity contribution in [3.8, 4) is 0 Å². The molecule has 4 nitrogen and oxygen atoms in total. The van der Waals surface area contributed by atoms with E-state index in [0.29, 0.717) is 5.91 Å². The van der Waals surface area contributed by atoms with E-state index in [9.17, 15) is 4.79 Å². The van der Waals surface area contributed by atoms with Crippen LogP contribution in [0.2, 0.25) is 0 Å². The van der Waals surface area contributed by atoms with Crippen molar-refractivity contribution in [3.63, 3.8) is 0 Å². The standard InChI is InChI=1S/C12H22N2O2/c1-2-16-11-4-3-7-14(9-11)12(15)10-5-6-13-8-10/h10-11,13H,2-9H2,1H3. The molecule has 0 aromatic carbocycles. The summed E-state index contributed by atoms with van der Waals surface area (Å²) in [7, 11) is 0. The monoisotopic (exact) mass is 226 g/mol. The van der Waals surface area contributed by atoms with Gasteiger partial charge < -0.3 is 15.0 Å². The second-order valence-corrected chi connectivity index (χ2v) is 4.69. The molecule has 0 aromatic rings. The molecule has 0 aliphatic carbocycles. The smallest absolute Gasteiger partial charge is 0.227 e.